The third-order valence-electron chi connectivity index (χ3n) is 0.774. The smallest absolute Gasteiger partial charge is 0.0203 e. The van der Waals surface area contributed by atoms with E-state index >= 15 is 0 Å². The van der Waals surface area contributed by atoms with Crippen molar-refractivity contribution in [1.82, 2.24) is 0 Å². The highest BCUT2D eigenvalue weighted by Gasteiger charge is 1.55. The lowest BCUT2D eigenvalue weighted by Gasteiger charge is -1.66. The standard InChI is InChI=1S/C9H12/c1-3-5-7-9-8-6-4-2/h3-5,7-9H,1-2H3. The molecule has 0 aromatic carbocycles. The highest BCUT2D eigenvalue weighted by atomic mass is 13.6. The fraction of sp³-hybridized carbons (Fsp3) is 0.222. The van der Waals surface area contributed by atoms with Crippen LogP contribution in [0.4, 0.5) is 0 Å². The van der Waals surface area contributed by atoms with Gasteiger partial charge in [-0.15, -0.1) is 5.73 Å². The van der Waals surface area contributed by atoms with Crippen molar-refractivity contribution < 1.29 is 0 Å². The first-order chi connectivity index (χ1) is 4.41. The van der Waals surface area contributed by atoms with E-state index in [1.165, 1.54) is 0 Å². The molecule has 0 amide bonds. The number of allylic oxidation sites excluding steroid dienone is 5. The minimum Gasteiger partial charge on any atom is -0.125 e. The topological polar surface area (TPSA) is 0 Å². The zero-order valence-corrected chi connectivity index (χ0v) is 5.96. The molecule has 0 heteroatoms. The van der Waals surface area contributed by atoms with Gasteiger partial charge in [0.1, 0.15) is 0 Å². The molecule has 0 aromatic rings. The Hall–Kier alpha value is -1.00. The van der Waals surface area contributed by atoms with Crippen LogP contribution in [0.15, 0.2) is 42.2 Å². The number of hydrogen-bond donors (Lipinski definition) is 0. The molecule has 0 saturated carbocycles. The Morgan fingerprint density at radius 3 is 2.33 bits per heavy atom. The lowest BCUT2D eigenvalue weighted by molar-refractivity contribution is 1.72. The first kappa shape index (κ1) is 8.00. The van der Waals surface area contributed by atoms with Crippen LogP contribution in [-0.2, 0) is 0 Å². The van der Waals surface area contributed by atoms with Crippen LogP contribution >= 0.6 is 0 Å². The van der Waals surface area contributed by atoms with Crippen molar-refractivity contribution in [2.24, 2.45) is 0 Å². The summed E-state index contributed by atoms with van der Waals surface area (Å²) < 4.78 is 0. The lowest BCUT2D eigenvalue weighted by atomic mass is 10.4. The molecule has 0 rings (SSSR count). The van der Waals surface area contributed by atoms with Crippen LogP contribution in [0.1, 0.15) is 13.8 Å². The molecule has 0 atom stereocenters. The quantitative estimate of drug-likeness (QED) is 0.388. The molecule has 0 aliphatic carbocycles. The molecule has 0 saturated heterocycles. The second kappa shape index (κ2) is 7.00. The maximum atomic E-state index is 2.94. The molecule has 0 heterocycles. The average Bonchev–Trinajstić information content (AvgIpc) is 1.89. The monoisotopic (exact) mass is 120 g/mol. The molecule has 0 fully saturated rings. The first-order valence-electron chi connectivity index (χ1n) is 3.07. The Kier molecular flexibility index (Phi) is 6.22. The van der Waals surface area contributed by atoms with Crippen molar-refractivity contribution in [3.63, 3.8) is 0 Å². The van der Waals surface area contributed by atoms with Gasteiger partial charge in [-0.2, -0.15) is 0 Å². The average molecular weight is 120 g/mol. The zero-order valence-electron chi connectivity index (χ0n) is 5.96. The highest BCUT2D eigenvalue weighted by molar-refractivity contribution is 5.09. The van der Waals surface area contributed by atoms with Gasteiger partial charge in [-0.25, -0.2) is 0 Å². The summed E-state index contributed by atoms with van der Waals surface area (Å²) in [6.07, 6.45) is 11.6. The molecule has 48 valence electrons. The summed E-state index contributed by atoms with van der Waals surface area (Å²) in [6, 6.07) is 0. The summed E-state index contributed by atoms with van der Waals surface area (Å²) in [6.45, 7) is 3.93. The van der Waals surface area contributed by atoms with Crippen molar-refractivity contribution in [1.29, 1.82) is 0 Å². The van der Waals surface area contributed by atoms with E-state index in [2.05, 4.69) is 5.73 Å². The molecule has 0 aliphatic heterocycles. The van der Waals surface area contributed by atoms with Crippen LogP contribution in [0.25, 0.3) is 0 Å². The third kappa shape index (κ3) is 7.00. The highest BCUT2D eigenvalue weighted by Crippen LogP contribution is 1.76. The van der Waals surface area contributed by atoms with Crippen molar-refractivity contribution in [2.75, 3.05) is 0 Å². The molecule has 0 unspecified atom stereocenters. The van der Waals surface area contributed by atoms with Crippen molar-refractivity contribution >= 4 is 0 Å². The summed E-state index contributed by atoms with van der Waals surface area (Å²) in [5, 5.41) is 0. The van der Waals surface area contributed by atoms with Crippen LogP contribution < -0.4 is 0 Å². The van der Waals surface area contributed by atoms with Gasteiger partial charge in [0, 0.05) is 0 Å². The van der Waals surface area contributed by atoms with Crippen molar-refractivity contribution in [2.45, 2.75) is 13.8 Å². The molecule has 0 spiro atoms. The Morgan fingerprint density at radius 1 is 1.00 bits per heavy atom. The van der Waals surface area contributed by atoms with Gasteiger partial charge in [-0.05, 0) is 26.0 Å². The Balaban J connectivity index is 3.60. The van der Waals surface area contributed by atoms with Crippen molar-refractivity contribution in [3.05, 3.63) is 42.2 Å². The maximum Gasteiger partial charge on any atom is -0.0203 e. The summed E-state index contributed by atoms with van der Waals surface area (Å²) in [5.74, 6) is 0. The van der Waals surface area contributed by atoms with Crippen LogP contribution in [0.2, 0.25) is 0 Å². The second-order valence-electron chi connectivity index (χ2n) is 1.53. The predicted octanol–water partition coefficient (Wildman–Crippen LogP) is 2.85. The number of hydrogen-bond acceptors (Lipinski definition) is 0. The van der Waals surface area contributed by atoms with E-state index in [1.54, 1.807) is 0 Å². The molecule has 0 aromatic heterocycles. The summed E-state index contributed by atoms with van der Waals surface area (Å²) in [5.41, 5.74) is 2.94. The third-order valence-corrected chi connectivity index (χ3v) is 0.774. The van der Waals surface area contributed by atoms with Gasteiger partial charge < -0.3 is 0 Å². The molecule has 0 N–H and O–H groups in total. The largest absolute Gasteiger partial charge is 0.125 e. The molecular formula is C9H12. The Morgan fingerprint density at radius 2 is 1.78 bits per heavy atom. The van der Waals surface area contributed by atoms with E-state index in [-0.39, 0.29) is 0 Å². The second-order valence-corrected chi connectivity index (χ2v) is 1.53. The minimum atomic E-state index is 1.88. The molecule has 0 aliphatic rings. The summed E-state index contributed by atoms with van der Waals surface area (Å²) >= 11 is 0. The molecule has 9 heavy (non-hydrogen) atoms. The fourth-order valence-electron chi connectivity index (χ4n) is 0.383. The molecular weight excluding hydrogens is 108 g/mol. The molecule has 0 nitrogen and oxygen atoms in total. The normalized spacial score (nSPS) is 10.0. The van der Waals surface area contributed by atoms with Gasteiger partial charge in [0.15, 0.2) is 0 Å². The number of rotatable bonds is 2. The van der Waals surface area contributed by atoms with E-state index in [9.17, 15) is 0 Å². The van der Waals surface area contributed by atoms with E-state index < -0.39 is 0 Å². The van der Waals surface area contributed by atoms with Crippen LogP contribution in [0.3, 0.4) is 0 Å². The SMILES string of the molecule is CC=C=CC=CC=CC. The molecule has 0 bridgehead atoms. The van der Waals surface area contributed by atoms with Crippen LogP contribution in [0, 0.1) is 0 Å². The van der Waals surface area contributed by atoms with E-state index in [4.69, 9.17) is 0 Å². The van der Waals surface area contributed by atoms with Crippen molar-refractivity contribution in [3.8, 4) is 0 Å². The van der Waals surface area contributed by atoms with Gasteiger partial charge in [-0.1, -0.05) is 24.3 Å². The van der Waals surface area contributed by atoms with Gasteiger partial charge in [0.25, 0.3) is 0 Å². The van der Waals surface area contributed by atoms with Crippen LogP contribution in [0.5, 0.6) is 0 Å². The minimum absolute atomic E-state index is 1.88. The zero-order chi connectivity index (χ0) is 6.95. The van der Waals surface area contributed by atoms with Gasteiger partial charge in [-0.3, -0.25) is 0 Å². The van der Waals surface area contributed by atoms with Gasteiger partial charge in [0.05, 0.1) is 0 Å². The summed E-state index contributed by atoms with van der Waals surface area (Å²) in [4.78, 5) is 0. The van der Waals surface area contributed by atoms with Crippen LogP contribution in [-0.4, -0.2) is 0 Å². The van der Waals surface area contributed by atoms with Gasteiger partial charge >= 0.3 is 0 Å². The first-order valence-corrected chi connectivity index (χ1v) is 3.07. The summed E-state index contributed by atoms with van der Waals surface area (Å²) in [7, 11) is 0. The Labute approximate surface area is 56.9 Å². The molecule has 0 radical (unpaired) electrons. The van der Waals surface area contributed by atoms with E-state index in [0.29, 0.717) is 0 Å². The maximum absolute atomic E-state index is 2.94. The fourth-order valence-corrected chi connectivity index (χ4v) is 0.383. The lowest BCUT2D eigenvalue weighted by Crippen LogP contribution is -1.45. The van der Waals surface area contributed by atoms with Gasteiger partial charge in [0.2, 0.25) is 0 Å². The predicted molar refractivity (Wildman–Crippen MR) is 42.3 cm³/mol. The van der Waals surface area contributed by atoms with E-state index in [0.717, 1.165) is 0 Å². The van der Waals surface area contributed by atoms with E-state index in [1.807, 2.05) is 50.3 Å². The Bertz CT molecular complexity index is 153.